The molecule has 0 heterocycles. The van der Waals surface area contributed by atoms with Crippen LogP contribution in [-0.2, 0) is 0 Å². The zero-order valence-electron chi connectivity index (χ0n) is 6.43. The molecule has 0 aliphatic rings. The molecule has 0 aromatic carbocycles. The van der Waals surface area contributed by atoms with E-state index in [1.807, 2.05) is 6.92 Å². The summed E-state index contributed by atoms with van der Waals surface area (Å²) in [5.74, 6) is 0. The van der Waals surface area contributed by atoms with Gasteiger partial charge in [-0.3, -0.25) is 0 Å². The third kappa shape index (κ3) is 7.70. The minimum Gasteiger partial charge on any atom is -0.328 e. The second-order valence-corrected chi connectivity index (χ2v) is 2.47. The fourth-order valence-corrected chi connectivity index (χ4v) is 0.595. The average molecular weight is 127 g/mol. The molecule has 1 atom stereocenters. The van der Waals surface area contributed by atoms with Gasteiger partial charge in [0, 0.05) is 6.04 Å². The van der Waals surface area contributed by atoms with Crippen LogP contribution in [-0.4, -0.2) is 6.04 Å². The van der Waals surface area contributed by atoms with Gasteiger partial charge in [0.25, 0.3) is 0 Å². The van der Waals surface area contributed by atoms with E-state index in [0.29, 0.717) is 6.04 Å². The number of allylic oxidation sites excluding steroid dienone is 1. The largest absolute Gasteiger partial charge is 0.328 e. The summed E-state index contributed by atoms with van der Waals surface area (Å²) in [5.41, 5.74) is 5.52. The zero-order chi connectivity index (χ0) is 7.11. The molecule has 0 aromatic heterocycles. The van der Waals surface area contributed by atoms with Crippen molar-refractivity contribution in [1.29, 1.82) is 0 Å². The molecular weight excluding hydrogens is 110 g/mol. The average Bonchev–Trinajstić information content (AvgIpc) is 1.80. The van der Waals surface area contributed by atoms with Crippen LogP contribution in [0.15, 0.2) is 12.2 Å². The lowest BCUT2D eigenvalue weighted by Gasteiger charge is -1.96. The molecule has 0 spiro atoms. The molecule has 0 radical (unpaired) electrons. The van der Waals surface area contributed by atoms with E-state index in [9.17, 15) is 0 Å². The van der Waals surface area contributed by atoms with Crippen molar-refractivity contribution in [3.05, 3.63) is 12.2 Å². The Morgan fingerprint density at radius 1 is 1.44 bits per heavy atom. The molecule has 0 aliphatic carbocycles. The van der Waals surface area contributed by atoms with Gasteiger partial charge >= 0.3 is 0 Å². The highest BCUT2D eigenvalue weighted by Crippen LogP contribution is 1.92. The van der Waals surface area contributed by atoms with Crippen molar-refractivity contribution in [2.45, 2.75) is 39.2 Å². The Bertz CT molecular complexity index is 74.6. The summed E-state index contributed by atoms with van der Waals surface area (Å²) < 4.78 is 0. The van der Waals surface area contributed by atoms with Gasteiger partial charge in [-0.05, 0) is 19.8 Å². The van der Waals surface area contributed by atoms with Crippen LogP contribution in [0, 0.1) is 0 Å². The molecular formula is C8H17N. The first kappa shape index (κ1) is 8.70. The minimum absolute atomic E-state index is 0.318. The van der Waals surface area contributed by atoms with Crippen molar-refractivity contribution in [3.8, 4) is 0 Å². The topological polar surface area (TPSA) is 26.0 Å². The second-order valence-electron chi connectivity index (χ2n) is 2.47. The van der Waals surface area contributed by atoms with Gasteiger partial charge in [0.15, 0.2) is 0 Å². The van der Waals surface area contributed by atoms with Gasteiger partial charge in [0.2, 0.25) is 0 Å². The molecule has 0 bridgehead atoms. The summed E-state index contributed by atoms with van der Waals surface area (Å²) in [6.07, 6.45) is 7.79. The highest BCUT2D eigenvalue weighted by molar-refractivity contribution is 4.83. The molecule has 0 saturated carbocycles. The lowest BCUT2D eigenvalue weighted by atomic mass is 10.2. The van der Waals surface area contributed by atoms with Crippen molar-refractivity contribution in [2.24, 2.45) is 5.73 Å². The van der Waals surface area contributed by atoms with Crippen molar-refractivity contribution in [2.75, 3.05) is 0 Å². The number of hydrogen-bond acceptors (Lipinski definition) is 1. The highest BCUT2D eigenvalue weighted by atomic mass is 14.6. The lowest BCUT2D eigenvalue weighted by Crippen LogP contribution is -2.12. The van der Waals surface area contributed by atoms with Crippen LogP contribution in [0.5, 0.6) is 0 Å². The molecule has 54 valence electrons. The zero-order valence-corrected chi connectivity index (χ0v) is 6.43. The van der Waals surface area contributed by atoms with Gasteiger partial charge in [-0.2, -0.15) is 0 Å². The Labute approximate surface area is 57.9 Å². The van der Waals surface area contributed by atoms with Crippen LogP contribution < -0.4 is 5.73 Å². The maximum absolute atomic E-state index is 5.52. The predicted molar refractivity (Wildman–Crippen MR) is 42.3 cm³/mol. The number of unbranched alkanes of at least 4 members (excludes halogenated alkanes) is 1. The van der Waals surface area contributed by atoms with Crippen LogP contribution in [0.1, 0.15) is 33.1 Å². The summed E-state index contributed by atoms with van der Waals surface area (Å²) in [4.78, 5) is 0. The van der Waals surface area contributed by atoms with Gasteiger partial charge in [-0.1, -0.05) is 25.5 Å². The van der Waals surface area contributed by atoms with Crippen LogP contribution in [0.25, 0.3) is 0 Å². The van der Waals surface area contributed by atoms with E-state index < -0.39 is 0 Å². The third-order valence-electron chi connectivity index (χ3n) is 1.13. The molecule has 1 unspecified atom stereocenters. The monoisotopic (exact) mass is 127 g/mol. The van der Waals surface area contributed by atoms with Gasteiger partial charge in [-0.25, -0.2) is 0 Å². The Morgan fingerprint density at radius 2 is 2.11 bits per heavy atom. The van der Waals surface area contributed by atoms with E-state index in [-0.39, 0.29) is 0 Å². The summed E-state index contributed by atoms with van der Waals surface area (Å²) in [5, 5.41) is 0. The summed E-state index contributed by atoms with van der Waals surface area (Å²) in [6, 6.07) is 0.318. The van der Waals surface area contributed by atoms with Crippen molar-refractivity contribution >= 4 is 0 Å². The minimum atomic E-state index is 0.318. The van der Waals surface area contributed by atoms with Gasteiger partial charge in [-0.15, -0.1) is 0 Å². The van der Waals surface area contributed by atoms with E-state index >= 15 is 0 Å². The molecule has 0 rings (SSSR count). The smallest absolute Gasteiger partial charge is 0.00449 e. The van der Waals surface area contributed by atoms with Crippen LogP contribution >= 0.6 is 0 Å². The summed E-state index contributed by atoms with van der Waals surface area (Å²) >= 11 is 0. The Kier molecular flexibility index (Phi) is 5.64. The molecule has 2 N–H and O–H groups in total. The van der Waals surface area contributed by atoms with Gasteiger partial charge < -0.3 is 5.73 Å². The lowest BCUT2D eigenvalue weighted by molar-refractivity contribution is 0.754. The maximum Gasteiger partial charge on any atom is 0.00449 e. The fraction of sp³-hybridized carbons (Fsp3) is 0.750. The highest BCUT2D eigenvalue weighted by Gasteiger charge is 1.85. The first-order valence-corrected chi connectivity index (χ1v) is 3.68. The van der Waals surface area contributed by atoms with Crippen molar-refractivity contribution in [1.82, 2.24) is 0 Å². The van der Waals surface area contributed by atoms with Crippen molar-refractivity contribution < 1.29 is 0 Å². The van der Waals surface area contributed by atoms with E-state index in [1.165, 1.54) is 12.8 Å². The molecule has 0 fully saturated rings. The Balaban J connectivity index is 3.04. The predicted octanol–water partition coefficient (Wildman–Crippen LogP) is 2.08. The summed E-state index contributed by atoms with van der Waals surface area (Å²) in [6.45, 7) is 4.20. The number of rotatable bonds is 4. The quantitative estimate of drug-likeness (QED) is 0.575. The summed E-state index contributed by atoms with van der Waals surface area (Å²) in [7, 11) is 0. The first-order chi connectivity index (χ1) is 4.27. The molecule has 0 amide bonds. The maximum atomic E-state index is 5.52. The number of hydrogen-bond donors (Lipinski definition) is 1. The molecule has 1 heteroatoms. The first-order valence-electron chi connectivity index (χ1n) is 3.68. The second kappa shape index (κ2) is 5.83. The normalized spacial score (nSPS) is 14.6. The molecule has 0 aliphatic heterocycles. The van der Waals surface area contributed by atoms with Gasteiger partial charge in [0.05, 0.1) is 0 Å². The Hall–Kier alpha value is -0.300. The van der Waals surface area contributed by atoms with E-state index in [0.717, 1.165) is 6.42 Å². The molecule has 1 nitrogen and oxygen atoms in total. The SMILES string of the molecule is CCC/C=C/CC(C)N. The van der Waals surface area contributed by atoms with Crippen LogP contribution in [0.2, 0.25) is 0 Å². The van der Waals surface area contributed by atoms with Crippen LogP contribution in [0.3, 0.4) is 0 Å². The molecule has 9 heavy (non-hydrogen) atoms. The van der Waals surface area contributed by atoms with E-state index in [2.05, 4.69) is 19.1 Å². The Morgan fingerprint density at radius 3 is 2.56 bits per heavy atom. The van der Waals surface area contributed by atoms with Gasteiger partial charge in [0.1, 0.15) is 0 Å². The van der Waals surface area contributed by atoms with E-state index in [4.69, 9.17) is 5.73 Å². The standard InChI is InChI=1S/C8H17N/c1-3-4-5-6-7-8(2)9/h5-6,8H,3-4,7,9H2,1-2H3/b6-5+. The van der Waals surface area contributed by atoms with Crippen LogP contribution in [0.4, 0.5) is 0 Å². The van der Waals surface area contributed by atoms with E-state index in [1.54, 1.807) is 0 Å². The molecule has 0 saturated heterocycles. The third-order valence-corrected chi connectivity index (χ3v) is 1.13. The fourth-order valence-electron chi connectivity index (χ4n) is 0.595. The molecule has 0 aromatic rings. The number of nitrogens with two attached hydrogens (primary N) is 1. The van der Waals surface area contributed by atoms with Crippen molar-refractivity contribution in [3.63, 3.8) is 0 Å².